The fraction of sp³-hybridized carbons (Fsp3) is 0.938. The summed E-state index contributed by atoms with van der Waals surface area (Å²) >= 11 is 0. The molecule has 1 saturated carbocycles. The maximum Gasteiger partial charge on any atom is 0.473 e. The highest BCUT2D eigenvalue weighted by Crippen LogP contribution is 2.78. The topological polar surface area (TPSA) is 48.0 Å². The van der Waals surface area contributed by atoms with E-state index < -0.39 is 47.2 Å². The molecule has 2 aliphatic heterocycles. The van der Waals surface area contributed by atoms with E-state index in [1.54, 1.807) is 20.8 Å². The average molecular weight is 345 g/mol. The lowest BCUT2D eigenvalue weighted by molar-refractivity contribution is 0.00578. The number of nitrogens with zero attached hydrogens (tertiary/aromatic N) is 1. The molecule has 136 valence electrons. The Labute approximate surface area is 142 Å². The second kappa shape index (κ2) is 4.64. The molecule has 2 heterocycles. The Morgan fingerprint density at radius 1 is 1.17 bits per heavy atom. The summed E-state index contributed by atoms with van der Waals surface area (Å²) < 4.78 is 46.0. The van der Waals surface area contributed by atoms with Gasteiger partial charge in [-0.15, -0.1) is 0 Å². The van der Waals surface area contributed by atoms with Crippen molar-refractivity contribution in [3.63, 3.8) is 0 Å². The smallest absolute Gasteiger partial charge is 0.444 e. The molecule has 2 atom stereocenters. The van der Waals surface area contributed by atoms with E-state index in [4.69, 9.17) is 14.0 Å². The Morgan fingerprint density at radius 3 is 2.12 bits per heavy atom. The van der Waals surface area contributed by atoms with Gasteiger partial charge in [0.2, 0.25) is 0 Å². The summed E-state index contributed by atoms with van der Waals surface area (Å²) in [6.07, 6.45) is -0.568. The highest BCUT2D eigenvalue weighted by molar-refractivity contribution is 6.52. The SMILES string of the molecule is CC(C)(C)OC(=O)N1C[C@@H]2C(F)(F)[C@]2(B2OC(C)(C)C(C)(C)O2)C1. The molecule has 24 heavy (non-hydrogen) atoms. The van der Waals surface area contributed by atoms with Gasteiger partial charge in [0.15, 0.2) is 0 Å². The van der Waals surface area contributed by atoms with Gasteiger partial charge in [0.05, 0.1) is 22.4 Å². The van der Waals surface area contributed by atoms with E-state index in [2.05, 4.69) is 0 Å². The molecule has 0 aromatic rings. The van der Waals surface area contributed by atoms with Crippen LogP contribution in [0.5, 0.6) is 0 Å². The van der Waals surface area contributed by atoms with Crippen LogP contribution in [-0.4, -0.2) is 53.9 Å². The Bertz CT molecular complexity index is 559. The van der Waals surface area contributed by atoms with Crippen molar-refractivity contribution >= 4 is 13.2 Å². The van der Waals surface area contributed by atoms with Crippen LogP contribution in [0.4, 0.5) is 13.6 Å². The summed E-state index contributed by atoms with van der Waals surface area (Å²) in [5, 5.41) is -1.48. The van der Waals surface area contributed by atoms with Gasteiger partial charge in [-0.3, -0.25) is 0 Å². The van der Waals surface area contributed by atoms with Crippen molar-refractivity contribution in [1.82, 2.24) is 4.90 Å². The monoisotopic (exact) mass is 345 g/mol. The molecule has 3 fully saturated rings. The van der Waals surface area contributed by atoms with Crippen molar-refractivity contribution < 1.29 is 27.6 Å². The predicted octanol–water partition coefficient (Wildman–Crippen LogP) is 3.33. The average Bonchev–Trinajstić information content (AvgIpc) is 2.70. The largest absolute Gasteiger partial charge is 0.473 e. The molecule has 0 N–H and O–H groups in total. The number of ether oxygens (including phenoxy) is 1. The molecule has 1 aliphatic carbocycles. The first-order chi connectivity index (χ1) is 10.6. The zero-order chi connectivity index (χ0) is 18.3. The third kappa shape index (κ3) is 2.29. The predicted molar refractivity (Wildman–Crippen MR) is 85.0 cm³/mol. The van der Waals surface area contributed by atoms with Crippen LogP contribution in [0.1, 0.15) is 48.5 Å². The minimum atomic E-state index is -2.90. The quantitative estimate of drug-likeness (QED) is 0.684. The molecule has 8 heteroatoms. The van der Waals surface area contributed by atoms with Crippen LogP contribution in [0.25, 0.3) is 0 Å². The number of piperidine rings is 1. The lowest BCUT2D eigenvalue weighted by Crippen LogP contribution is -2.42. The number of likely N-dealkylation sites (tertiary alicyclic amines) is 1. The molecular weight excluding hydrogens is 319 g/mol. The van der Waals surface area contributed by atoms with Gasteiger partial charge >= 0.3 is 13.2 Å². The van der Waals surface area contributed by atoms with E-state index in [0.29, 0.717) is 0 Å². The summed E-state index contributed by atoms with van der Waals surface area (Å²) in [6.45, 7) is 12.4. The fourth-order valence-corrected chi connectivity index (χ4v) is 3.56. The van der Waals surface area contributed by atoms with Crippen LogP contribution >= 0.6 is 0 Å². The van der Waals surface area contributed by atoms with Gasteiger partial charge < -0.3 is 18.9 Å². The molecule has 0 radical (unpaired) electrons. The van der Waals surface area contributed by atoms with Gasteiger partial charge in [-0.1, -0.05) is 0 Å². The number of alkyl halides is 2. The molecule has 0 unspecified atom stereocenters. The Balaban J connectivity index is 1.79. The number of hydrogen-bond donors (Lipinski definition) is 0. The van der Waals surface area contributed by atoms with Gasteiger partial charge in [0.25, 0.3) is 5.92 Å². The first kappa shape index (κ1) is 17.9. The van der Waals surface area contributed by atoms with E-state index in [0.717, 1.165) is 0 Å². The van der Waals surface area contributed by atoms with Crippen LogP contribution in [-0.2, 0) is 14.0 Å². The minimum absolute atomic E-state index is 0.0357. The summed E-state index contributed by atoms with van der Waals surface area (Å²) in [4.78, 5) is 13.6. The minimum Gasteiger partial charge on any atom is -0.444 e. The molecule has 0 aromatic carbocycles. The van der Waals surface area contributed by atoms with E-state index in [-0.39, 0.29) is 13.1 Å². The van der Waals surface area contributed by atoms with Crippen LogP contribution in [0, 0.1) is 5.92 Å². The van der Waals surface area contributed by atoms with Crippen LogP contribution in [0.15, 0.2) is 0 Å². The van der Waals surface area contributed by atoms with Gasteiger partial charge in [-0.25, -0.2) is 13.6 Å². The van der Waals surface area contributed by atoms with Gasteiger partial charge in [-0.2, -0.15) is 0 Å². The third-order valence-electron chi connectivity index (χ3n) is 5.78. The van der Waals surface area contributed by atoms with Crippen molar-refractivity contribution in [3.8, 4) is 0 Å². The van der Waals surface area contributed by atoms with Crippen LogP contribution < -0.4 is 0 Å². The highest BCUT2D eigenvalue weighted by atomic mass is 19.3. The molecule has 3 aliphatic rings. The molecule has 2 saturated heterocycles. The molecule has 5 nitrogen and oxygen atoms in total. The first-order valence-corrected chi connectivity index (χ1v) is 8.35. The molecule has 0 aromatic heterocycles. The van der Waals surface area contributed by atoms with Crippen molar-refractivity contribution in [3.05, 3.63) is 0 Å². The summed E-state index contributed by atoms with van der Waals surface area (Å²) in [5.41, 5.74) is -2.03. The molecular formula is C16H26BF2NO4. The second-order valence-corrected chi connectivity index (χ2v) is 9.17. The van der Waals surface area contributed by atoms with E-state index >= 15 is 0 Å². The normalized spacial score (nSPS) is 35.8. The zero-order valence-electron chi connectivity index (χ0n) is 15.4. The van der Waals surface area contributed by atoms with Crippen molar-refractivity contribution in [2.75, 3.05) is 13.1 Å². The van der Waals surface area contributed by atoms with E-state index in [9.17, 15) is 13.6 Å². The summed E-state index contributed by atoms with van der Waals surface area (Å²) in [6, 6.07) is 0. The van der Waals surface area contributed by atoms with Gasteiger partial charge in [0, 0.05) is 13.1 Å². The first-order valence-electron chi connectivity index (χ1n) is 8.35. The fourth-order valence-electron chi connectivity index (χ4n) is 3.56. The number of fused-ring (bicyclic) bond motifs is 1. The van der Waals surface area contributed by atoms with Gasteiger partial charge in [-0.05, 0) is 48.5 Å². The number of rotatable bonds is 1. The Morgan fingerprint density at radius 2 is 1.67 bits per heavy atom. The van der Waals surface area contributed by atoms with E-state index in [1.165, 1.54) is 4.90 Å². The molecule has 0 spiro atoms. The number of amides is 1. The number of hydrogen-bond acceptors (Lipinski definition) is 4. The van der Waals surface area contributed by atoms with Crippen molar-refractivity contribution in [1.29, 1.82) is 0 Å². The number of carbonyl (C=O) groups is 1. The lowest BCUT2D eigenvalue weighted by Gasteiger charge is -2.32. The van der Waals surface area contributed by atoms with E-state index in [1.807, 2.05) is 27.7 Å². The highest BCUT2D eigenvalue weighted by Gasteiger charge is 2.91. The summed E-state index contributed by atoms with van der Waals surface area (Å²) in [7, 11) is -1.03. The standard InChI is InChI=1S/C16H26BF2NO4/c1-12(2,3)22-11(21)20-8-10-15(9-20,16(10,18)19)17-23-13(4,5)14(6,7)24-17/h10H,8-9H2,1-7H3/t10-,15-/m0/s1. The maximum absolute atomic E-state index is 14.5. The molecule has 3 rings (SSSR count). The third-order valence-corrected chi connectivity index (χ3v) is 5.78. The number of carbonyl (C=O) groups excluding carboxylic acids is 1. The lowest BCUT2D eigenvalue weighted by atomic mass is 9.66. The molecule has 0 bridgehead atoms. The van der Waals surface area contributed by atoms with Gasteiger partial charge in [0.1, 0.15) is 5.60 Å². The number of halogens is 2. The zero-order valence-corrected chi connectivity index (χ0v) is 15.4. The summed E-state index contributed by atoms with van der Waals surface area (Å²) in [5.74, 6) is -3.85. The van der Waals surface area contributed by atoms with Crippen LogP contribution in [0.3, 0.4) is 0 Å². The second-order valence-electron chi connectivity index (χ2n) is 9.17. The molecule has 1 amide bonds. The Kier molecular flexibility index (Phi) is 3.46. The Hall–Kier alpha value is -0.885. The maximum atomic E-state index is 14.5. The van der Waals surface area contributed by atoms with Crippen molar-refractivity contribution in [2.24, 2.45) is 5.92 Å². The van der Waals surface area contributed by atoms with Crippen molar-refractivity contribution in [2.45, 2.75) is 76.5 Å². The van der Waals surface area contributed by atoms with Crippen LogP contribution in [0.2, 0.25) is 5.31 Å².